The number of rotatable bonds is 5. The van der Waals surface area contributed by atoms with E-state index < -0.39 is 0 Å². The van der Waals surface area contributed by atoms with Crippen LogP contribution in [0.2, 0.25) is 0 Å². The van der Waals surface area contributed by atoms with E-state index in [9.17, 15) is 10.1 Å². The van der Waals surface area contributed by atoms with Crippen LogP contribution in [0.3, 0.4) is 0 Å². The molecule has 0 aliphatic carbocycles. The van der Waals surface area contributed by atoms with E-state index in [2.05, 4.69) is 40.2 Å². The highest BCUT2D eigenvalue weighted by Crippen LogP contribution is 2.28. The number of thioether (sulfide) groups is 1. The van der Waals surface area contributed by atoms with Gasteiger partial charge in [0.15, 0.2) is 0 Å². The van der Waals surface area contributed by atoms with Crippen LogP contribution in [-0.2, 0) is 11.3 Å². The fourth-order valence-electron chi connectivity index (χ4n) is 3.47. The molecule has 0 saturated carbocycles. The number of amides is 1. The summed E-state index contributed by atoms with van der Waals surface area (Å²) < 4.78 is 0. The SMILES string of the molecule is Cc1cc(C)c(C#N)c(SC(C)C(=O)N2CCN(Cc3ccccc3)CC2)n1. The molecule has 2 aromatic rings. The number of piperazine rings is 1. The second-order valence-electron chi connectivity index (χ2n) is 7.22. The van der Waals surface area contributed by atoms with E-state index in [0.717, 1.165) is 44.0 Å². The Bertz CT molecular complexity index is 870. The van der Waals surface area contributed by atoms with Gasteiger partial charge in [0.2, 0.25) is 5.91 Å². The quantitative estimate of drug-likeness (QED) is 0.728. The van der Waals surface area contributed by atoms with Crippen LogP contribution >= 0.6 is 11.8 Å². The van der Waals surface area contributed by atoms with Crippen LogP contribution in [0.25, 0.3) is 0 Å². The molecule has 1 atom stereocenters. The zero-order valence-corrected chi connectivity index (χ0v) is 17.5. The fraction of sp³-hybridized carbons (Fsp3) is 0.409. The molecule has 5 nitrogen and oxygen atoms in total. The monoisotopic (exact) mass is 394 g/mol. The molecule has 2 heterocycles. The molecule has 1 aromatic carbocycles. The van der Waals surface area contributed by atoms with Crippen LogP contribution in [0.15, 0.2) is 41.4 Å². The molecule has 1 aromatic heterocycles. The van der Waals surface area contributed by atoms with Gasteiger partial charge in [-0.15, -0.1) is 0 Å². The summed E-state index contributed by atoms with van der Waals surface area (Å²) in [6, 6.07) is 14.6. The van der Waals surface area contributed by atoms with Crippen LogP contribution < -0.4 is 0 Å². The lowest BCUT2D eigenvalue weighted by Crippen LogP contribution is -2.50. The van der Waals surface area contributed by atoms with E-state index in [1.165, 1.54) is 17.3 Å². The number of benzene rings is 1. The van der Waals surface area contributed by atoms with Gasteiger partial charge < -0.3 is 4.90 Å². The first-order valence-corrected chi connectivity index (χ1v) is 10.5. The molecule has 0 bridgehead atoms. The number of carbonyl (C=O) groups excluding carboxylic acids is 1. The zero-order valence-electron chi connectivity index (χ0n) is 16.7. The molecular weight excluding hydrogens is 368 g/mol. The van der Waals surface area contributed by atoms with Gasteiger partial charge in [-0.25, -0.2) is 4.98 Å². The number of aromatic nitrogens is 1. The number of hydrogen-bond acceptors (Lipinski definition) is 5. The Balaban J connectivity index is 1.57. The van der Waals surface area contributed by atoms with Crippen molar-refractivity contribution in [1.82, 2.24) is 14.8 Å². The Labute approximate surface area is 171 Å². The maximum atomic E-state index is 12.9. The number of aryl methyl sites for hydroxylation is 2. The van der Waals surface area contributed by atoms with Crippen molar-refractivity contribution in [2.45, 2.75) is 37.6 Å². The third kappa shape index (κ3) is 4.92. The minimum Gasteiger partial charge on any atom is -0.339 e. The summed E-state index contributed by atoms with van der Waals surface area (Å²) in [5.74, 6) is 0.120. The van der Waals surface area contributed by atoms with Crippen molar-refractivity contribution in [2.24, 2.45) is 0 Å². The number of pyridine rings is 1. The number of nitriles is 1. The summed E-state index contributed by atoms with van der Waals surface area (Å²) in [6.45, 7) is 9.89. The van der Waals surface area contributed by atoms with Gasteiger partial charge in [0.1, 0.15) is 11.1 Å². The van der Waals surface area contributed by atoms with Gasteiger partial charge in [-0.1, -0.05) is 42.1 Å². The van der Waals surface area contributed by atoms with Crippen LogP contribution in [0, 0.1) is 25.2 Å². The van der Waals surface area contributed by atoms with Crippen LogP contribution in [0.1, 0.15) is 29.3 Å². The Hall–Kier alpha value is -2.36. The highest BCUT2D eigenvalue weighted by atomic mass is 32.2. The Morgan fingerprint density at radius 2 is 1.89 bits per heavy atom. The van der Waals surface area contributed by atoms with Crippen molar-refractivity contribution in [3.63, 3.8) is 0 Å². The second kappa shape index (κ2) is 9.22. The average molecular weight is 395 g/mol. The van der Waals surface area contributed by atoms with Crippen LogP contribution in [-0.4, -0.2) is 52.1 Å². The summed E-state index contributed by atoms with van der Waals surface area (Å²) in [6.07, 6.45) is 0. The predicted molar refractivity (Wildman–Crippen MR) is 112 cm³/mol. The Morgan fingerprint density at radius 1 is 1.21 bits per heavy atom. The molecule has 146 valence electrons. The smallest absolute Gasteiger partial charge is 0.235 e. The number of carbonyl (C=O) groups is 1. The van der Waals surface area contributed by atoms with Gasteiger partial charge in [-0.2, -0.15) is 5.26 Å². The normalized spacial score (nSPS) is 15.9. The molecular formula is C22H26N4OS. The highest BCUT2D eigenvalue weighted by Gasteiger charge is 2.26. The largest absolute Gasteiger partial charge is 0.339 e. The van der Waals surface area contributed by atoms with Crippen LogP contribution in [0.4, 0.5) is 0 Å². The van der Waals surface area contributed by atoms with Gasteiger partial charge in [-0.05, 0) is 38.0 Å². The van der Waals surface area contributed by atoms with E-state index in [-0.39, 0.29) is 11.2 Å². The summed E-state index contributed by atoms with van der Waals surface area (Å²) in [5, 5.41) is 9.83. The molecule has 0 radical (unpaired) electrons. The van der Waals surface area contributed by atoms with E-state index in [1.54, 1.807) is 0 Å². The maximum absolute atomic E-state index is 12.9. The summed E-state index contributed by atoms with van der Waals surface area (Å²) >= 11 is 1.39. The third-order valence-corrected chi connectivity index (χ3v) is 6.07. The lowest BCUT2D eigenvalue weighted by molar-refractivity contribution is -0.132. The molecule has 28 heavy (non-hydrogen) atoms. The van der Waals surface area contributed by atoms with Crippen molar-refractivity contribution < 1.29 is 4.79 Å². The molecule has 1 fully saturated rings. The summed E-state index contributed by atoms with van der Waals surface area (Å²) in [5.41, 5.74) is 3.65. The lowest BCUT2D eigenvalue weighted by atomic mass is 10.1. The first-order valence-electron chi connectivity index (χ1n) is 9.58. The molecule has 1 saturated heterocycles. The van der Waals surface area contributed by atoms with Crippen molar-refractivity contribution in [3.05, 3.63) is 58.8 Å². The molecule has 6 heteroatoms. The van der Waals surface area contributed by atoms with Gasteiger partial charge in [0.05, 0.1) is 10.8 Å². The first kappa shape index (κ1) is 20.4. The molecule has 0 N–H and O–H groups in total. The first-order chi connectivity index (χ1) is 13.5. The molecule has 1 aliphatic rings. The molecule has 1 aliphatic heterocycles. The summed E-state index contributed by atoms with van der Waals surface area (Å²) in [7, 11) is 0. The third-order valence-electron chi connectivity index (χ3n) is 4.99. The number of nitrogens with zero attached hydrogens (tertiary/aromatic N) is 4. The molecule has 0 spiro atoms. The minimum atomic E-state index is -0.263. The van der Waals surface area contributed by atoms with Crippen molar-refractivity contribution in [1.29, 1.82) is 5.26 Å². The zero-order chi connectivity index (χ0) is 20.1. The molecule has 1 amide bonds. The summed E-state index contributed by atoms with van der Waals surface area (Å²) in [4.78, 5) is 21.7. The molecule has 3 rings (SSSR count). The van der Waals surface area contributed by atoms with Gasteiger partial charge >= 0.3 is 0 Å². The number of hydrogen-bond donors (Lipinski definition) is 0. The van der Waals surface area contributed by atoms with Gasteiger partial charge in [0, 0.05) is 38.4 Å². The van der Waals surface area contributed by atoms with E-state index in [1.807, 2.05) is 37.8 Å². The van der Waals surface area contributed by atoms with Gasteiger partial charge in [0.25, 0.3) is 0 Å². The van der Waals surface area contributed by atoms with Gasteiger partial charge in [-0.3, -0.25) is 9.69 Å². The average Bonchev–Trinajstić information content (AvgIpc) is 2.68. The fourth-order valence-corrected chi connectivity index (χ4v) is 4.57. The highest BCUT2D eigenvalue weighted by molar-refractivity contribution is 8.00. The lowest BCUT2D eigenvalue weighted by Gasteiger charge is -2.35. The van der Waals surface area contributed by atoms with Crippen LogP contribution in [0.5, 0.6) is 0 Å². The van der Waals surface area contributed by atoms with E-state index >= 15 is 0 Å². The van der Waals surface area contributed by atoms with Crippen molar-refractivity contribution in [3.8, 4) is 6.07 Å². The van der Waals surface area contributed by atoms with E-state index in [4.69, 9.17) is 0 Å². The maximum Gasteiger partial charge on any atom is 0.235 e. The topological polar surface area (TPSA) is 60.2 Å². The van der Waals surface area contributed by atoms with Crippen molar-refractivity contribution >= 4 is 17.7 Å². The Kier molecular flexibility index (Phi) is 6.71. The molecule has 1 unspecified atom stereocenters. The van der Waals surface area contributed by atoms with Crippen molar-refractivity contribution in [2.75, 3.05) is 26.2 Å². The minimum absolute atomic E-state index is 0.120. The second-order valence-corrected chi connectivity index (χ2v) is 8.55. The predicted octanol–water partition coefficient (Wildman–Crippen LogP) is 3.40. The standard InChI is InChI=1S/C22H26N4OS/c1-16-13-17(2)24-21(20(16)14-23)28-18(3)22(27)26-11-9-25(10-12-26)15-19-7-5-4-6-8-19/h4-8,13,18H,9-12,15H2,1-3H3. The Morgan fingerprint density at radius 3 is 2.54 bits per heavy atom. The van der Waals surface area contributed by atoms with E-state index in [0.29, 0.717) is 10.6 Å².